The molecule has 0 saturated carbocycles. The minimum absolute atomic E-state index is 0.145. The zero-order chi connectivity index (χ0) is 37.6. The van der Waals surface area contributed by atoms with Crippen molar-refractivity contribution in [2.45, 2.75) is 16.7 Å². The fourth-order valence-corrected chi connectivity index (χ4v) is 11.9. The smallest absolute Gasteiger partial charge is 0.249 e. The Labute approximate surface area is 340 Å². The molecule has 0 atom stereocenters. The normalized spacial score (nSPS) is 12.5. The van der Waals surface area contributed by atoms with E-state index in [1.807, 2.05) is 23.1 Å². The average molecular weight is 764 g/mol. The van der Waals surface area contributed by atoms with Gasteiger partial charge in [-0.2, -0.15) is 0 Å². The van der Waals surface area contributed by atoms with Crippen LogP contribution in [0.15, 0.2) is 198 Å². The molecule has 0 N–H and O–H groups in total. The molecule has 268 valence electrons. The summed E-state index contributed by atoms with van der Waals surface area (Å²) in [6.45, 7) is 2.40. The molecule has 4 heterocycles. The molecule has 0 bridgehead atoms. The highest BCUT2D eigenvalue weighted by atomic mass is 32.2. The molecule has 0 fully saturated rings. The van der Waals surface area contributed by atoms with Gasteiger partial charge in [-0.05, 0) is 114 Å². The van der Waals surface area contributed by atoms with Crippen molar-refractivity contribution in [2.75, 3.05) is 9.80 Å². The van der Waals surface area contributed by atoms with Crippen LogP contribution in [0.5, 0.6) is 0 Å². The maximum Gasteiger partial charge on any atom is 0.249 e. The number of hydrogen-bond donors (Lipinski definition) is 0. The van der Waals surface area contributed by atoms with Gasteiger partial charge >= 0.3 is 0 Å². The fraction of sp³-hybridized carbons (Fsp3) is 0.0196. The lowest BCUT2D eigenvalue weighted by molar-refractivity contribution is 1.16. The lowest BCUT2D eigenvalue weighted by Gasteiger charge is -2.34. The van der Waals surface area contributed by atoms with E-state index in [9.17, 15) is 0 Å². The quantitative estimate of drug-likeness (QED) is 0.156. The number of rotatable bonds is 6. The van der Waals surface area contributed by atoms with E-state index in [1.165, 1.54) is 74.3 Å². The van der Waals surface area contributed by atoms with Crippen LogP contribution in [0.25, 0.3) is 36.9 Å². The number of aromatic nitrogens is 1. The van der Waals surface area contributed by atoms with Crippen molar-refractivity contribution in [1.82, 2.24) is 4.57 Å². The van der Waals surface area contributed by atoms with Crippen LogP contribution in [0.2, 0.25) is 0 Å². The number of nitrogens with zero attached hydrogens (tertiary/aromatic N) is 3. The molecule has 0 aliphatic carbocycles. The Hall–Kier alpha value is -6.47. The summed E-state index contributed by atoms with van der Waals surface area (Å²) < 4.78 is 5.22. The Balaban J connectivity index is 1.20. The lowest BCUT2D eigenvalue weighted by Crippen LogP contribution is -2.58. The number of aryl methyl sites for hydroxylation is 1. The number of anilines is 6. The van der Waals surface area contributed by atoms with Crippen molar-refractivity contribution in [3.8, 4) is 5.69 Å². The Kier molecular flexibility index (Phi) is 7.35. The van der Waals surface area contributed by atoms with Gasteiger partial charge in [0.2, 0.25) is 6.71 Å². The third-order valence-corrected chi connectivity index (χ3v) is 13.9. The van der Waals surface area contributed by atoms with E-state index in [4.69, 9.17) is 0 Å². The molecule has 8 aromatic carbocycles. The van der Waals surface area contributed by atoms with Gasteiger partial charge in [0.05, 0.1) is 21.4 Å². The van der Waals surface area contributed by atoms with E-state index in [0.29, 0.717) is 0 Å². The molecule has 2 aromatic heterocycles. The highest BCUT2D eigenvalue weighted by molar-refractivity contribution is 8.00. The van der Waals surface area contributed by atoms with Crippen molar-refractivity contribution in [3.63, 3.8) is 0 Å². The van der Waals surface area contributed by atoms with Gasteiger partial charge in [-0.25, -0.2) is 0 Å². The summed E-state index contributed by atoms with van der Waals surface area (Å²) in [6, 6.07) is 68.9. The first-order chi connectivity index (χ1) is 28.2. The molecular formula is C51H34BN3S2. The van der Waals surface area contributed by atoms with Crippen LogP contribution in [0, 0.1) is 6.92 Å². The Morgan fingerprint density at radius 1 is 0.491 bits per heavy atom. The Morgan fingerprint density at radius 2 is 1.09 bits per heavy atom. The second kappa shape index (κ2) is 12.8. The summed E-state index contributed by atoms with van der Waals surface area (Å²) in [5.74, 6) is 0. The summed E-state index contributed by atoms with van der Waals surface area (Å²) in [4.78, 5) is 7.52. The first-order valence-corrected chi connectivity index (χ1v) is 21.1. The average Bonchev–Trinajstić information content (AvgIpc) is 3.79. The maximum absolute atomic E-state index is 2.64. The van der Waals surface area contributed by atoms with Gasteiger partial charge in [-0.1, -0.05) is 114 Å². The molecule has 2 aliphatic heterocycles. The van der Waals surface area contributed by atoms with E-state index in [-0.39, 0.29) is 6.71 Å². The number of fused-ring (bicyclic) bond motifs is 9. The number of benzene rings is 8. The molecule has 0 unspecified atom stereocenters. The summed E-state index contributed by atoms with van der Waals surface area (Å²) in [5, 5.41) is 2.57. The fourth-order valence-electron chi connectivity index (χ4n) is 9.33. The number of hydrogen-bond acceptors (Lipinski definition) is 4. The molecule has 10 aromatic rings. The zero-order valence-electron chi connectivity index (χ0n) is 31.1. The first kappa shape index (κ1) is 32.7. The van der Waals surface area contributed by atoms with Crippen molar-refractivity contribution in [3.05, 3.63) is 194 Å². The van der Waals surface area contributed by atoms with E-state index in [2.05, 4.69) is 209 Å². The van der Waals surface area contributed by atoms with Crippen LogP contribution >= 0.6 is 23.1 Å². The minimum atomic E-state index is 0.145. The molecule has 12 rings (SSSR count). The van der Waals surface area contributed by atoms with Gasteiger partial charge in [0.1, 0.15) is 0 Å². The van der Waals surface area contributed by atoms with Crippen LogP contribution in [0.3, 0.4) is 0 Å². The van der Waals surface area contributed by atoms with Crippen LogP contribution in [-0.2, 0) is 0 Å². The van der Waals surface area contributed by atoms with Crippen molar-refractivity contribution < 1.29 is 0 Å². The molecule has 0 radical (unpaired) electrons. The van der Waals surface area contributed by atoms with E-state index in [1.54, 1.807) is 0 Å². The SMILES string of the molecule is Cc1cc2c3c(c1)-n1c4c(ccc(N(c5ccccc5)c5ccccc5)c4c4sc5cc(N(c6ccccc6)c6ccccc6)ccc5c41)B3c1ccccc1S2. The van der Waals surface area contributed by atoms with Gasteiger partial charge in [0.15, 0.2) is 0 Å². The Morgan fingerprint density at radius 3 is 1.74 bits per heavy atom. The molecule has 0 amide bonds. The second-order valence-electron chi connectivity index (χ2n) is 15.0. The molecule has 0 spiro atoms. The summed E-state index contributed by atoms with van der Waals surface area (Å²) >= 11 is 3.84. The first-order valence-electron chi connectivity index (χ1n) is 19.5. The van der Waals surface area contributed by atoms with Gasteiger partial charge in [0.25, 0.3) is 0 Å². The lowest BCUT2D eigenvalue weighted by atomic mass is 9.35. The molecule has 0 saturated heterocycles. The van der Waals surface area contributed by atoms with Gasteiger partial charge in [-0.15, -0.1) is 11.3 Å². The molecular weight excluding hydrogens is 730 g/mol. The molecule has 6 heteroatoms. The van der Waals surface area contributed by atoms with E-state index < -0.39 is 0 Å². The highest BCUT2D eigenvalue weighted by Crippen LogP contribution is 2.50. The van der Waals surface area contributed by atoms with Crippen LogP contribution in [-0.4, -0.2) is 11.3 Å². The van der Waals surface area contributed by atoms with Crippen molar-refractivity contribution in [1.29, 1.82) is 0 Å². The number of thiophene rings is 1. The summed E-state index contributed by atoms with van der Waals surface area (Å²) in [7, 11) is 0. The van der Waals surface area contributed by atoms with Gasteiger partial charge in [0, 0.05) is 59.4 Å². The van der Waals surface area contributed by atoms with Gasteiger partial charge < -0.3 is 14.4 Å². The summed E-state index contributed by atoms with van der Waals surface area (Å²) in [5.41, 5.74) is 16.2. The molecule has 57 heavy (non-hydrogen) atoms. The highest BCUT2D eigenvalue weighted by Gasteiger charge is 2.41. The van der Waals surface area contributed by atoms with Crippen LogP contribution in [0.4, 0.5) is 34.1 Å². The predicted molar refractivity (Wildman–Crippen MR) is 245 cm³/mol. The second-order valence-corrected chi connectivity index (χ2v) is 17.1. The van der Waals surface area contributed by atoms with Gasteiger partial charge in [-0.3, -0.25) is 0 Å². The Bertz CT molecular complexity index is 3100. The predicted octanol–water partition coefficient (Wildman–Crippen LogP) is 12.5. The monoisotopic (exact) mass is 763 g/mol. The third-order valence-electron chi connectivity index (χ3n) is 11.6. The largest absolute Gasteiger partial charge is 0.310 e. The zero-order valence-corrected chi connectivity index (χ0v) is 32.8. The third kappa shape index (κ3) is 4.94. The van der Waals surface area contributed by atoms with Crippen molar-refractivity contribution in [2.24, 2.45) is 0 Å². The molecule has 3 nitrogen and oxygen atoms in total. The van der Waals surface area contributed by atoms with E-state index in [0.717, 1.165) is 28.4 Å². The number of para-hydroxylation sites is 4. The van der Waals surface area contributed by atoms with E-state index >= 15 is 0 Å². The maximum atomic E-state index is 2.64. The topological polar surface area (TPSA) is 11.4 Å². The van der Waals surface area contributed by atoms with Crippen LogP contribution < -0.4 is 26.2 Å². The van der Waals surface area contributed by atoms with Crippen molar-refractivity contribution >= 4 is 112 Å². The molecule has 2 aliphatic rings. The van der Waals surface area contributed by atoms with Crippen LogP contribution in [0.1, 0.15) is 5.56 Å². The minimum Gasteiger partial charge on any atom is -0.310 e. The standard InChI is InChI=1S/C51H34BN3S2/c1-33-30-43-48-46(31-33)56-44-25-15-14-24-40(44)52(48)41-28-29-42(54(36-20-10-4-11-21-36)37-22-12-5-13-23-37)47-50(41)55(43)49-39-27-26-38(32-45(39)57-51(47)49)53(34-16-6-2-7-17-34)35-18-8-3-9-19-35/h2-32H,1H3. The summed E-state index contributed by atoms with van der Waals surface area (Å²) in [6.07, 6.45) is 0.